The van der Waals surface area contributed by atoms with Gasteiger partial charge in [-0.3, -0.25) is 24.1 Å². The van der Waals surface area contributed by atoms with Crippen LogP contribution in [0.5, 0.6) is 0 Å². The Balaban J connectivity index is 1.87. The molecule has 1 heterocycles. The van der Waals surface area contributed by atoms with Crippen LogP contribution in [0.3, 0.4) is 0 Å². The van der Waals surface area contributed by atoms with Crippen LogP contribution in [0.2, 0.25) is 0 Å². The lowest BCUT2D eigenvalue weighted by molar-refractivity contribution is -0.137. The molecule has 0 spiro atoms. The highest BCUT2D eigenvalue weighted by Crippen LogP contribution is 2.25. The number of aliphatic carboxylic acids is 1. The first kappa shape index (κ1) is 20.3. The molecule has 0 unspecified atom stereocenters. The van der Waals surface area contributed by atoms with Crippen LogP contribution in [0.1, 0.15) is 56.4 Å². The van der Waals surface area contributed by atoms with Crippen LogP contribution in [0.15, 0.2) is 48.5 Å². The van der Waals surface area contributed by atoms with E-state index in [-0.39, 0.29) is 29.1 Å². The summed E-state index contributed by atoms with van der Waals surface area (Å²) < 4.78 is 0. The number of nitrogens with zero attached hydrogens (tertiary/aromatic N) is 2. The normalized spacial score (nSPS) is 12.8. The van der Waals surface area contributed by atoms with Gasteiger partial charge in [-0.1, -0.05) is 43.7 Å². The summed E-state index contributed by atoms with van der Waals surface area (Å²) >= 11 is 0. The first-order valence-corrected chi connectivity index (χ1v) is 9.47. The Morgan fingerprint density at radius 1 is 1.00 bits per heavy atom. The molecule has 2 aromatic carbocycles. The molecular formula is C22H22N2O5. The number of rotatable bonds is 8. The number of carbonyl (C=O) groups is 4. The number of hydrogen-bond donors (Lipinski definition) is 1. The molecule has 0 atom stereocenters. The highest BCUT2D eigenvalue weighted by Gasteiger charge is 2.35. The summed E-state index contributed by atoms with van der Waals surface area (Å²) in [5.41, 5.74) is 1.43. The number of unbranched alkanes of at least 4 members (excludes halogenated alkanes) is 1. The lowest BCUT2D eigenvalue weighted by Gasteiger charge is -2.21. The van der Waals surface area contributed by atoms with Crippen molar-refractivity contribution in [3.8, 4) is 0 Å². The maximum absolute atomic E-state index is 13.0. The second-order valence-electron chi connectivity index (χ2n) is 6.92. The van der Waals surface area contributed by atoms with Gasteiger partial charge in [0.05, 0.1) is 11.1 Å². The summed E-state index contributed by atoms with van der Waals surface area (Å²) in [5.74, 6) is -2.41. The Morgan fingerprint density at radius 3 is 2.34 bits per heavy atom. The third-order valence-electron chi connectivity index (χ3n) is 4.78. The minimum absolute atomic E-state index is 0.124. The third-order valence-corrected chi connectivity index (χ3v) is 4.78. The first-order chi connectivity index (χ1) is 13.9. The number of fused-ring (bicyclic) bond motifs is 1. The van der Waals surface area contributed by atoms with Crippen molar-refractivity contribution in [3.63, 3.8) is 0 Å². The van der Waals surface area contributed by atoms with E-state index in [1.54, 1.807) is 12.1 Å². The molecular weight excluding hydrogens is 372 g/mol. The molecule has 1 aliphatic rings. The van der Waals surface area contributed by atoms with Gasteiger partial charge in [0.25, 0.3) is 17.7 Å². The SMILES string of the molecule is CCCCN1C(=O)c2ccc(C(=O)N(CC(=O)O)Cc3ccccc3)cc2C1=O. The van der Waals surface area contributed by atoms with Gasteiger partial charge in [0, 0.05) is 18.7 Å². The molecule has 1 N–H and O–H groups in total. The summed E-state index contributed by atoms with van der Waals surface area (Å²) in [5, 5.41) is 9.21. The van der Waals surface area contributed by atoms with Crippen LogP contribution >= 0.6 is 0 Å². The van der Waals surface area contributed by atoms with Gasteiger partial charge in [-0.25, -0.2) is 0 Å². The van der Waals surface area contributed by atoms with E-state index in [1.807, 2.05) is 25.1 Å². The Labute approximate surface area is 168 Å². The van der Waals surface area contributed by atoms with Crippen molar-refractivity contribution >= 4 is 23.7 Å². The van der Waals surface area contributed by atoms with E-state index in [0.717, 1.165) is 12.0 Å². The van der Waals surface area contributed by atoms with E-state index >= 15 is 0 Å². The monoisotopic (exact) mass is 394 g/mol. The molecule has 0 saturated heterocycles. The number of amides is 3. The molecule has 0 saturated carbocycles. The molecule has 3 amide bonds. The minimum atomic E-state index is -1.13. The molecule has 0 fully saturated rings. The second kappa shape index (κ2) is 8.68. The van der Waals surface area contributed by atoms with E-state index in [1.165, 1.54) is 28.0 Å². The quantitative estimate of drug-likeness (QED) is 0.695. The van der Waals surface area contributed by atoms with Crippen molar-refractivity contribution in [1.29, 1.82) is 0 Å². The van der Waals surface area contributed by atoms with E-state index in [4.69, 9.17) is 0 Å². The molecule has 0 aliphatic carbocycles. The number of imide groups is 1. The standard InChI is InChI=1S/C22H22N2O5/c1-2-3-11-24-21(28)17-10-9-16(12-18(17)22(24)29)20(27)23(14-19(25)26)13-15-7-5-4-6-8-15/h4-10,12H,2-3,11,13-14H2,1H3,(H,25,26). The summed E-state index contributed by atoms with van der Waals surface area (Å²) in [4.78, 5) is 51.7. The van der Waals surface area contributed by atoms with Crippen molar-refractivity contribution < 1.29 is 24.3 Å². The highest BCUT2D eigenvalue weighted by molar-refractivity contribution is 6.22. The Hall–Kier alpha value is -3.48. The fourth-order valence-corrected chi connectivity index (χ4v) is 3.29. The van der Waals surface area contributed by atoms with Crippen molar-refractivity contribution in [1.82, 2.24) is 9.80 Å². The number of hydrogen-bond acceptors (Lipinski definition) is 4. The third kappa shape index (κ3) is 4.34. The lowest BCUT2D eigenvalue weighted by Crippen LogP contribution is -2.35. The van der Waals surface area contributed by atoms with Crippen LogP contribution < -0.4 is 0 Å². The average Bonchev–Trinajstić information content (AvgIpc) is 2.95. The van der Waals surface area contributed by atoms with Gasteiger partial charge in [-0.2, -0.15) is 0 Å². The fraction of sp³-hybridized carbons (Fsp3) is 0.273. The number of carbonyl (C=O) groups excluding carboxylic acids is 3. The Bertz CT molecular complexity index is 955. The zero-order valence-corrected chi connectivity index (χ0v) is 16.1. The summed E-state index contributed by atoms with van der Waals surface area (Å²) in [7, 11) is 0. The summed E-state index contributed by atoms with van der Waals surface area (Å²) in [6.07, 6.45) is 1.56. The minimum Gasteiger partial charge on any atom is -0.480 e. The first-order valence-electron chi connectivity index (χ1n) is 9.47. The zero-order valence-electron chi connectivity index (χ0n) is 16.1. The Kier molecular flexibility index (Phi) is 6.07. The summed E-state index contributed by atoms with van der Waals surface area (Å²) in [6.45, 7) is 1.96. The van der Waals surface area contributed by atoms with Gasteiger partial charge < -0.3 is 10.0 Å². The van der Waals surface area contributed by atoms with Crippen LogP contribution in [0, 0.1) is 0 Å². The average molecular weight is 394 g/mol. The van der Waals surface area contributed by atoms with Gasteiger partial charge in [-0.05, 0) is 30.2 Å². The van der Waals surface area contributed by atoms with Crippen LogP contribution in [-0.2, 0) is 11.3 Å². The zero-order chi connectivity index (χ0) is 21.0. The molecule has 7 heteroatoms. The van der Waals surface area contributed by atoms with Crippen molar-refractivity contribution in [2.45, 2.75) is 26.3 Å². The van der Waals surface area contributed by atoms with Crippen molar-refractivity contribution in [2.75, 3.05) is 13.1 Å². The largest absolute Gasteiger partial charge is 0.480 e. The van der Waals surface area contributed by atoms with Gasteiger partial charge in [-0.15, -0.1) is 0 Å². The van der Waals surface area contributed by atoms with E-state index in [2.05, 4.69) is 0 Å². The molecule has 0 bridgehead atoms. The van der Waals surface area contributed by atoms with Crippen molar-refractivity contribution in [2.24, 2.45) is 0 Å². The maximum atomic E-state index is 13.0. The predicted molar refractivity (Wildman–Crippen MR) is 106 cm³/mol. The van der Waals surface area contributed by atoms with Crippen LogP contribution in [-0.4, -0.2) is 51.7 Å². The number of benzene rings is 2. The Morgan fingerprint density at radius 2 is 1.69 bits per heavy atom. The smallest absolute Gasteiger partial charge is 0.323 e. The van der Waals surface area contributed by atoms with Gasteiger partial charge >= 0.3 is 5.97 Å². The molecule has 3 rings (SSSR count). The topological polar surface area (TPSA) is 95.0 Å². The fourth-order valence-electron chi connectivity index (χ4n) is 3.29. The van der Waals surface area contributed by atoms with Crippen LogP contribution in [0.4, 0.5) is 0 Å². The lowest BCUT2D eigenvalue weighted by atomic mass is 10.0. The van der Waals surface area contributed by atoms with Gasteiger partial charge in [0.1, 0.15) is 6.54 Å². The molecule has 1 aliphatic heterocycles. The van der Waals surface area contributed by atoms with Gasteiger partial charge in [0.2, 0.25) is 0 Å². The van der Waals surface area contributed by atoms with Crippen LogP contribution in [0.25, 0.3) is 0 Å². The number of carboxylic acid groups (broad SMARTS) is 1. The molecule has 0 radical (unpaired) electrons. The highest BCUT2D eigenvalue weighted by atomic mass is 16.4. The van der Waals surface area contributed by atoms with E-state index < -0.39 is 24.3 Å². The van der Waals surface area contributed by atoms with E-state index in [0.29, 0.717) is 13.0 Å². The predicted octanol–water partition coefficient (Wildman–Crippen LogP) is 2.81. The maximum Gasteiger partial charge on any atom is 0.323 e. The molecule has 29 heavy (non-hydrogen) atoms. The number of carboxylic acids is 1. The summed E-state index contributed by atoms with van der Waals surface area (Å²) in [6, 6.07) is 13.4. The van der Waals surface area contributed by atoms with E-state index in [9.17, 15) is 24.3 Å². The molecule has 7 nitrogen and oxygen atoms in total. The molecule has 2 aromatic rings. The van der Waals surface area contributed by atoms with Gasteiger partial charge in [0.15, 0.2) is 0 Å². The second-order valence-corrected chi connectivity index (χ2v) is 6.92. The molecule has 150 valence electrons. The molecule has 0 aromatic heterocycles. The van der Waals surface area contributed by atoms with Crippen molar-refractivity contribution in [3.05, 3.63) is 70.8 Å².